The first kappa shape index (κ1) is 13.8. The fraction of sp³-hybridized carbons (Fsp3) is 0.333. The summed E-state index contributed by atoms with van der Waals surface area (Å²) < 4.78 is 5.13. The molecule has 1 aromatic rings. The number of benzene rings is 1. The van der Waals surface area contributed by atoms with Crippen LogP contribution in [-0.2, 0) is 4.74 Å². The number of nitriles is 1. The van der Waals surface area contributed by atoms with E-state index in [1.807, 2.05) is 6.07 Å². The van der Waals surface area contributed by atoms with Crippen LogP contribution in [-0.4, -0.2) is 41.5 Å². The van der Waals surface area contributed by atoms with Gasteiger partial charge in [-0.05, 0) is 12.1 Å². The van der Waals surface area contributed by atoms with Crippen molar-refractivity contribution in [2.24, 2.45) is 0 Å². The Labute approximate surface area is 114 Å². The maximum atomic E-state index is 12.3. The number of carbonyl (C=O) groups excluding carboxylic acids is 1. The topological polar surface area (TPSA) is 122 Å². The Morgan fingerprint density at radius 2 is 2.35 bits per heavy atom. The number of amides is 1. The number of rotatable bonds is 2. The number of hydrogen-bond acceptors (Lipinski definition) is 6. The quantitative estimate of drug-likeness (QED) is 0.478. The fourth-order valence-electron chi connectivity index (χ4n) is 2.02. The van der Waals surface area contributed by atoms with Gasteiger partial charge in [-0.15, -0.1) is 0 Å². The number of carbonyl (C=O) groups is 1. The number of morpholine rings is 1. The maximum absolute atomic E-state index is 12.3. The van der Waals surface area contributed by atoms with Gasteiger partial charge in [-0.3, -0.25) is 14.9 Å². The highest BCUT2D eigenvalue weighted by Gasteiger charge is 2.30. The van der Waals surface area contributed by atoms with Crippen LogP contribution in [0.4, 0.5) is 11.4 Å². The minimum absolute atomic E-state index is 0.0639. The van der Waals surface area contributed by atoms with E-state index in [2.05, 4.69) is 0 Å². The van der Waals surface area contributed by atoms with Gasteiger partial charge < -0.3 is 15.4 Å². The average Bonchev–Trinajstić information content (AvgIpc) is 2.45. The van der Waals surface area contributed by atoms with Crippen LogP contribution >= 0.6 is 0 Å². The summed E-state index contributed by atoms with van der Waals surface area (Å²) in [5, 5.41) is 19.8. The highest BCUT2D eigenvalue weighted by Crippen LogP contribution is 2.27. The lowest BCUT2D eigenvalue weighted by molar-refractivity contribution is -0.384. The van der Waals surface area contributed by atoms with Gasteiger partial charge in [-0.1, -0.05) is 6.07 Å². The zero-order valence-electron chi connectivity index (χ0n) is 10.5. The molecular formula is C12H12N4O4. The Bertz CT molecular complexity index is 596. The van der Waals surface area contributed by atoms with Crippen LogP contribution in [0.1, 0.15) is 10.4 Å². The molecule has 1 heterocycles. The van der Waals surface area contributed by atoms with Crippen LogP contribution in [0.3, 0.4) is 0 Å². The minimum atomic E-state index is -0.715. The zero-order valence-corrected chi connectivity index (χ0v) is 10.5. The number of nitro benzene ring substituents is 1. The van der Waals surface area contributed by atoms with Gasteiger partial charge in [0.05, 0.1) is 24.1 Å². The number of nitrogen functional groups attached to an aromatic ring is 1. The predicted molar refractivity (Wildman–Crippen MR) is 68.8 cm³/mol. The normalized spacial score (nSPS) is 18.4. The number of nitro groups is 1. The molecule has 2 rings (SSSR count). The van der Waals surface area contributed by atoms with E-state index in [-0.39, 0.29) is 30.9 Å². The van der Waals surface area contributed by atoms with E-state index in [9.17, 15) is 14.9 Å². The van der Waals surface area contributed by atoms with Crippen LogP contribution in [0, 0.1) is 21.4 Å². The molecule has 1 unspecified atom stereocenters. The summed E-state index contributed by atoms with van der Waals surface area (Å²) in [6, 6.07) is 6.12. The fourth-order valence-corrected chi connectivity index (χ4v) is 2.02. The van der Waals surface area contributed by atoms with Crippen LogP contribution in [0.25, 0.3) is 0 Å². The van der Waals surface area contributed by atoms with Crippen molar-refractivity contribution >= 4 is 17.3 Å². The maximum Gasteiger partial charge on any atom is 0.304 e. The first-order valence-corrected chi connectivity index (χ1v) is 5.88. The van der Waals surface area contributed by atoms with E-state index in [0.717, 1.165) is 0 Å². The second-order valence-corrected chi connectivity index (χ2v) is 4.24. The van der Waals surface area contributed by atoms with E-state index < -0.39 is 22.6 Å². The molecule has 8 nitrogen and oxygen atoms in total. The zero-order chi connectivity index (χ0) is 14.7. The third kappa shape index (κ3) is 2.53. The number of nitrogens with zero attached hydrogens (tertiary/aromatic N) is 3. The van der Waals surface area contributed by atoms with Gasteiger partial charge in [0.1, 0.15) is 11.3 Å². The van der Waals surface area contributed by atoms with Crippen molar-refractivity contribution in [1.29, 1.82) is 5.26 Å². The van der Waals surface area contributed by atoms with Crippen LogP contribution in [0.15, 0.2) is 18.2 Å². The van der Waals surface area contributed by atoms with Crippen molar-refractivity contribution in [1.82, 2.24) is 4.90 Å². The number of para-hydroxylation sites is 1. The second-order valence-electron chi connectivity index (χ2n) is 4.24. The molecule has 1 aliphatic rings. The van der Waals surface area contributed by atoms with E-state index in [4.69, 9.17) is 15.7 Å². The Morgan fingerprint density at radius 1 is 1.60 bits per heavy atom. The average molecular weight is 276 g/mol. The lowest BCUT2D eigenvalue weighted by Crippen LogP contribution is -2.45. The molecule has 0 bridgehead atoms. The third-order valence-corrected chi connectivity index (χ3v) is 2.98. The highest BCUT2D eigenvalue weighted by molar-refractivity contribution is 6.00. The van der Waals surface area contributed by atoms with Gasteiger partial charge in [0.2, 0.25) is 0 Å². The highest BCUT2D eigenvalue weighted by atomic mass is 16.6. The van der Waals surface area contributed by atoms with Crippen LogP contribution in [0.2, 0.25) is 0 Å². The number of anilines is 1. The summed E-state index contributed by atoms with van der Waals surface area (Å²) in [6.45, 7) is 0.588. The molecule has 8 heteroatoms. The second kappa shape index (κ2) is 5.54. The van der Waals surface area contributed by atoms with Gasteiger partial charge >= 0.3 is 5.69 Å². The summed E-state index contributed by atoms with van der Waals surface area (Å²) in [4.78, 5) is 24.1. The van der Waals surface area contributed by atoms with E-state index in [1.165, 1.54) is 23.1 Å². The van der Waals surface area contributed by atoms with Crippen molar-refractivity contribution < 1.29 is 14.5 Å². The number of hydrogen-bond donors (Lipinski definition) is 1. The van der Waals surface area contributed by atoms with E-state index in [1.54, 1.807) is 0 Å². The van der Waals surface area contributed by atoms with Crippen LogP contribution < -0.4 is 5.73 Å². The van der Waals surface area contributed by atoms with E-state index in [0.29, 0.717) is 0 Å². The molecule has 104 valence electrons. The number of nitrogens with two attached hydrogens (primary N) is 1. The lowest BCUT2D eigenvalue weighted by Gasteiger charge is -2.29. The molecule has 1 fully saturated rings. The van der Waals surface area contributed by atoms with Crippen molar-refractivity contribution in [2.75, 3.05) is 25.4 Å². The summed E-state index contributed by atoms with van der Waals surface area (Å²) in [5.74, 6) is -0.521. The molecule has 20 heavy (non-hydrogen) atoms. The minimum Gasteiger partial charge on any atom is -0.393 e. The standard InChI is InChI=1S/C12H12N4O4/c13-6-8-7-15(4-5-20-8)12(17)9-2-1-3-10(14)11(9)16(18)19/h1-3,8H,4-5,7,14H2. The first-order valence-electron chi connectivity index (χ1n) is 5.88. The largest absolute Gasteiger partial charge is 0.393 e. The Kier molecular flexibility index (Phi) is 3.81. The van der Waals surface area contributed by atoms with Crippen molar-refractivity contribution in [3.8, 4) is 6.07 Å². The summed E-state index contributed by atoms with van der Waals surface area (Å²) in [7, 11) is 0. The molecule has 0 saturated carbocycles. The van der Waals surface area contributed by atoms with Crippen molar-refractivity contribution in [2.45, 2.75) is 6.10 Å². The summed E-state index contributed by atoms with van der Waals surface area (Å²) in [6.07, 6.45) is -0.715. The van der Waals surface area contributed by atoms with Crippen molar-refractivity contribution in [3.05, 3.63) is 33.9 Å². The summed E-state index contributed by atoms with van der Waals surface area (Å²) >= 11 is 0. The van der Waals surface area contributed by atoms with Gasteiger partial charge in [0.25, 0.3) is 5.91 Å². The lowest BCUT2D eigenvalue weighted by atomic mass is 10.1. The molecule has 1 aromatic carbocycles. The SMILES string of the molecule is N#CC1CN(C(=O)c2cccc(N)c2[N+](=O)[O-])CCO1. The Morgan fingerprint density at radius 3 is 3.00 bits per heavy atom. The molecule has 0 aliphatic carbocycles. The monoisotopic (exact) mass is 276 g/mol. The Balaban J connectivity index is 2.32. The molecule has 2 N–H and O–H groups in total. The molecule has 0 aromatic heterocycles. The first-order chi connectivity index (χ1) is 9.54. The Hall–Kier alpha value is -2.66. The van der Waals surface area contributed by atoms with Gasteiger partial charge in [0.15, 0.2) is 6.10 Å². The third-order valence-electron chi connectivity index (χ3n) is 2.98. The van der Waals surface area contributed by atoms with Gasteiger partial charge in [-0.2, -0.15) is 5.26 Å². The number of ether oxygens (including phenoxy) is 1. The molecule has 1 atom stereocenters. The molecule has 1 amide bonds. The van der Waals surface area contributed by atoms with Gasteiger partial charge in [0, 0.05) is 6.54 Å². The molecule has 1 saturated heterocycles. The predicted octanol–water partition coefficient (Wildman–Crippen LogP) is 0.542. The summed E-state index contributed by atoms with van der Waals surface area (Å²) in [5.41, 5.74) is 5.01. The van der Waals surface area contributed by atoms with Crippen molar-refractivity contribution in [3.63, 3.8) is 0 Å². The van der Waals surface area contributed by atoms with E-state index >= 15 is 0 Å². The van der Waals surface area contributed by atoms with Crippen LogP contribution in [0.5, 0.6) is 0 Å². The molecular weight excluding hydrogens is 264 g/mol. The molecule has 0 spiro atoms. The molecule has 1 aliphatic heterocycles. The smallest absolute Gasteiger partial charge is 0.304 e. The molecule has 0 radical (unpaired) electrons. The van der Waals surface area contributed by atoms with Gasteiger partial charge in [-0.25, -0.2) is 0 Å².